The Kier molecular flexibility index (Phi) is 2.30. The Bertz CT molecular complexity index is 427. The predicted octanol–water partition coefficient (Wildman–Crippen LogP) is 3.55. The van der Waals surface area contributed by atoms with Gasteiger partial charge in [-0.2, -0.15) is 0 Å². The van der Waals surface area contributed by atoms with Crippen LogP contribution in [0.5, 0.6) is 0 Å². The van der Waals surface area contributed by atoms with E-state index < -0.39 is 0 Å². The summed E-state index contributed by atoms with van der Waals surface area (Å²) < 4.78 is 0.471. The Morgan fingerprint density at radius 1 is 1.44 bits per heavy atom. The minimum absolute atomic E-state index is 0.252. The second-order valence-corrected chi connectivity index (χ2v) is 6.27. The van der Waals surface area contributed by atoms with Crippen LogP contribution in [0, 0.1) is 17.8 Å². The molecule has 0 spiro atoms. The Hall–Kier alpha value is -0.240. The topological polar surface area (TPSA) is 26.0 Å². The summed E-state index contributed by atoms with van der Waals surface area (Å²) in [5.41, 5.74) is 8.80. The first-order chi connectivity index (χ1) is 7.52. The quantitative estimate of drug-likeness (QED) is 0.704. The standard InChI is InChI=1S/C13H15Cl2N/c1-13(16)6-2-3-8-7-4-5-9(11(8)13)10(7)12(14)15/h2-3,6-7,9,11H,4-5,16H2,1H3. The number of nitrogens with two attached hydrogens (primary N) is 1. The van der Waals surface area contributed by atoms with E-state index in [-0.39, 0.29) is 5.54 Å². The second kappa shape index (κ2) is 3.38. The van der Waals surface area contributed by atoms with E-state index >= 15 is 0 Å². The molecular formula is C13H15Cl2N. The van der Waals surface area contributed by atoms with Gasteiger partial charge in [-0.1, -0.05) is 47.0 Å². The molecule has 0 aromatic carbocycles. The van der Waals surface area contributed by atoms with Crippen LogP contribution in [0.3, 0.4) is 0 Å². The van der Waals surface area contributed by atoms with Gasteiger partial charge >= 0.3 is 0 Å². The van der Waals surface area contributed by atoms with E-state index in [4.69, 9.17) is 28.9 Å². The Morgan fingerprint density at radius 3 is 2.81 bits per heavy atom. The van der Waals surface area contributed by atoms with Crippen molar-refractivity contribution in [1.82, 2.24) is 0 Å². The molecule has 1 nitrogen and oxygen atoms in total. The summed E-state index contributed by atoms with van der Waals surface area (Å²) in [5, 5.41) is 0. The van der Waals surface area contributed by atoms with Gasteiger partial charge in [-0.15, -0.1) is 0 Å². The maximum absolute atomic E-state index is 6.38. The molecule has 2 N–H and O–H groups in total. The molecule has 3 heteroatoms. The molecular weight excluding hydrogens is 241 g/mol. The van der Waals surface area contributed by atoms with Crippen LogP contribution in [0.25, 0.3) is 0 Å². The van der Waals surface area contributed by atoms with Gasteiger partial charge in [0.15, 0.2) is 0 Å². The molecule has 0 aromatic rings. The lowest BCUT2D eigenvalue weighted by Crippen LogP contribution is -2.46. The molecule has 4 atom stereocenters. The Balaban J connectivity index is 2.13. The highest BCUT2D eigenvalue weighted by Gasteiger charge is 2.53. The SMILES string of the molecule is CC1(N)C=CC=C2C3CCC(C3=C(Cl)Cl)C21. The normalized spacial score (nSPS) is 44.6. The maximum Gasteiger partial charge on any atom is 0.106 e. The average molecular weight is 256 g/mol. The fraction of sp³-hybridized carbons (Fsp3) is 0.538. The molecule has 0 radical (unpaired) electrons. The van der Waals surface area contributed by atoms with Crippen molar-refractivity contribution in [1.29, 1.82) is 0 Å². The molecule has 16 heavy (non-hydrogen) atoms. The molecule has 2 fully saturated rings. The summed E-state index contributed by atoms with van der Waals surface area (Å²) in [7, 11) is 0. The zero-order chi connectivity index (χ0) is 11.5. The van der Waals surface area contributed by atoms with Crippen molar-refractivity contribution in [2.24, 2.45) is 23.5 Å². The highest BCUT2D eigenvalue weighted by atomic mass is 35.5. The number of rotatable bonds is 0. The van der Waals surface area contributed by atoms with Gasteiger partial charge in [-0.05, 0) is 31.3 Å². The van der Waals surface area contributed by atoms with Gasteiger partial charge in [0.25, 0.3) is 0 Å². The van der Waals surface area contributed by atoms with Crippen LogP contribution in [0.4, 0.5) is 0 Å². The monoisotopic (exact) mass is 255 g/mol. The highest BCUT2D eigenvalue weighted by molar-refractivity contribution is 6.56. The van der Waals surface area contributed by atoms with E-state index in [2.05, 4.69) is 25.2 Å². The van der Waals surface area contributed by atoms with Crippen molar-refractivity contribution in [3.8, 4) is 0 Å². The minimum atomic E-state index is -0.252. The van der Waals surface area contributed by atoms with E-state index in [9.17, 15) is 0 Å². The summed E-state index contributed by atoms with van der Waals surface area (Å²) in [5.74, 6) is 1.31. The van der Waals surface area contributed by atoms with E-state index in [0.717, 1.165) is 0 Å². The van der Waals surface area contributed by atoms with E-state index in [0.29, 0.717) is 22.2 Å². The summed E-state index contributed by atoms with van der Waals surface area (Å²) in [6.45, 7) is 2.10. The first kappa shape index (κ1) is 10.9. The fourth-order valence-electron chi connectivity index (χ4n) is 3.81. The smallest absolute Gasteiger partial charge is 0.106 e. The first-order valence-corrected chi connectivity index (χ1v) is 6.51. The van der Waals surface area contributed by atoms with E-state index in [1.165, 1.54) is 24.0 Å². The molecule has 2 saturated carbocycles. The van der Waals surface area contributed by atoms with Gasteiger partial charge in [-0.25, -0.2) is 0 Å². The molecule has 3 aliphatic carbocycles. The molecule has 86 valence electrons. The molecule has 0 aromatic heterocycles. The van der Waals surface area contributed by atoms with Crippen LogP contribution in [-0.4, -0.2) is 5.54 Å². The first-order valence-electron chi connectivity index (χ1n) is 5.75. The molecule has 3 aliphatic rings. The number of fused-ring (bicyclic) bond motifs is 5. The minimum Gasteiger partial charge on any atom is -0.322 e. The summed E-state index contributed by atoms with van der Waals surface area (Å²) >= 11 is 12.1. The van der Waals surface area contributed by atoms with Crippen molar-refractivity contribution >= 4 is 23.2 Å². The Labute approximate surface area is 106 Å². The number of hydrogen-bond donors (Lipinski definition) is 1. The lowest BCUT2D eigenvalue weighted by Gasteiger charge is -2.38. The third-order valence-corrected chi connectivity index (χ3v) is 4.77. The molecule has 0 saturated heterocycles. The Morgan fingerprint density at radius 2 is 2.19 bits per heavy atom. The second-order valence-electron chi connectivity index (χ2n) is 5.32. The molecule has 2 bridgehead atoms. The van der Waals surface area contributed by atoms with Crippen LogP contribution >= 0.6 is 23.2 Å². The number of halogens is 2. The van der Waals surface area contributed by atoms with Crippen molar-refractivity contribution in [2.45, 2.75) is 25.3 Å². The molecule has 3 rings (SSSR count). The van der Waals surface area contributed by atoms with Crippen LogP contribution in [0.2, 0.25) is 0 Å². The van der Waals surface area contributed by atoms with Crippen LogP contribution in [-0.2, 0) is 0 Å². The van der Waals surface area contributed by atoms with Crippen molar-refractivity contribution in [3.05, 3.63) is 33.9 Å². The number of allylic oxidation sites excluding steroid dienone is 3. The zero-order valence-electron chi connectivity index (χ0n) is 9.21. The van der Waals surface area contributed by atoms with Crippen LogP contribution in [0.15, 0.2) is 33.9 Å². The molecule has 4 unspecified atom stereocenters. The van der Waals surface area contributed by atoms with Gasteiger partial charge in [0.2, 0.25) is 0 Å². The molecule has 0 amide bonds. The summed E-state index contributed by atoms with van der Waals surface area (Å²) in [4.78, 5) is 0. The third kappa shape index (κ3) is 1.28. The average Bonchev–Trinajstić information content (AvgIpc) is 2.72. The van der Waals surface area contributed by atoms with Crippen molar-refractivity contribution in [2.75, 3.05) is 0 Å². The summed E-state index contributed by atoms with van der Waals surface area (Å²) in [6, 6.07) is 0. The predicted molar refractivity (Wildman–Crippen MR) is 68.3 cm³/mol. The molecule has 0 aliphatic heterocycles. The van der Waals surface area contributed by atoms with Gasteiger partial charge in [0.05, 0.1) is 0 Å². The largest absolute Gasteiger partial charge is 0.322 e. The van der Waals surface area contributed by atoms with Crippen molar-refractivity contribution < 1.29 is 0 Å². The fourth-order valence-corrected chi connectivity index (χ4v) is 4.36. The summed E-state index contributed by atoms with van der Waals surface area (Å²) in [6.07, 6.45) is 8.73. The van der Waals surface area contributed by atoms with Gasteiger partial charge in [-0.3, -0.25) is 0 Å². The van der Waals surface area contributed by atoms with Crippen LogP contribution in [0.1, 0.15) is 19.8 Å². The van der Waals surface area contributed by atoms with Gasteiger partial charge in [0, 0.05) is 17.4 Å². The lowest BCUT2D eigenvalue weighted by molar-refractivity contribution is 0.306. The number of hydrogen-bond acceptors (Lipinski definition) is 1. The highest BCUT2D eigenvalue weighted by Crippen LogP contribution is 2.60. The van der Waals surface area contributed by atoms with E-state index in [1.54, 1.807) is 0 Å². The van der Waals surface area contributed by atoms with Gasteiger partial charge in [0.1, 0.15) is 4.49 Å². The van der Waals surface area contributed by atoms with Crippen LogP contribution < -0.4 is 5.73 Å². The zero-order valence-corrected chi connectivity index (χ0v) is 10.7. The third-order valence-electron chi connectivity index (χ3n) is 4.34. The van der Waals surface area contributed by atoms with Gasteiger partial charge < -0.3 is 5.73 Å². The van der Waals surface area contributed by atoms with Crippen molar-refractivity contribution in [3.63, 3.8) is 0 Å². The van der Waals surface area contributed by atoms with E-state index in [1.807, 2.05) is 0 Å². The lowest BCUT2D eigenvalue weighted by atomic mass is 9.70. The molecule has 0 heterocycles. The maximum atomic E-state index is 6.38.